The number of aliphatic imine (C=N–C) groups is 1. The van der Waals surface area contributed by atoms with Crippen LogP contribution in [0.1, 0.15) is 19.3 Å². The van der Waals surface area contributed by atoms with Crippen molar-refractivity contribution < 1.29 is 14.6 Å². The highest BCUT2D eigenvalue weighted by Gasteiger charge is 1.95. The van der Waals surface area contributed by atoms with Gasteiger partial charge in [0.05, 0.1) is 0 Å². The minimum atomic E-state index is -0.758. The van der Waals surface area contributed by atoms with Gasteiger partial charge in [0.25, 0.3) is 0 Å². The first-order chi connectivity index (χ1) is 5.27. The highest BCUT2D eigenvalue weighted by atomic mass is 16.5. The van der Waals surface area contributed by atoms with E-state index in [1.165, 1.54) is 0 Å². The zero-order valence-corrected chi connectivity index (χ0v) is 6.45. The van der Waals surface area contributed by atoms with Crippen LogP contribution in [0.2, 0.25) is 0 Å². The minimum absolute atomic E-state index is 0.213. The summed E-state index contributed by atoms with van der Waals surface area (Å²) in [5, 5.41) is 8.25. The maximum absolute atomic E-state index is 10.0. The van der Waals surface area contributed by atoms with Crippen LogP contribution in [-0.4, -0.2) is 31.1 Å². The molecule has 0 aliphatic carbocycles. The molecule has 0 saturated heterocycles. The van der Waals surface area contributed by atoms with Gasteiger partial charge in [-0.1, -0.05) is 0 Å². The Hall–Kier alpha value is -0.900. The van der Waals surface area contributed by atoms with E-state index in [1.807, 2.05) is 0 Å². The van der Waals surface area contributed by atoms with Gasteiger partial charge in [-0.2, -0.15) is 0 Å². The fourth-order valence-electron chi connectivity index (χ4n) is 0.609. The van der Waals surface area contributed by atoms with E-state index in [0.29, 0.717) is 19.8 Å². The smallest absolute Gasteiger partial charge is 0.303 e. The summed E-state index contributed by atoms with van der Waals surface area (Å²) in [5.74, 6) is -0.758. The van der Waals surface area contributed by atoms with E-state index in [2.05, 4.69) is 11.7 Å². The molecule has 0 aromatic rings. The van der Waals surface area contributed by atoms with Crippen LogP contribution in [0, 0.1) is 0 Å². The lowest BCUT2D eigenvalue weighted by molar-refractivity contribution is -0.137. The lowest BCUT2D eigenvalue weighted by atomic mass is 10.2. The van der Waals surface area contributed by atoms with Crippen LogP contribution in [0.15, 0.2) is 4.99 Å². The molecular formula is C7H13NO3. The molecule has 0 aromatic carbocycles. The van der Waals surface area contributed by atoms with Gasteiger partial charge in [-0.15, -0.1) is 0 Å². The molecule has 0 radical (unpaired) electrons. The highest BCUT2D eigenvalue weighted by Crippen LogP contribution is 1.95. The van der Waals surface area contributed by atoms with Crippen LogP contribution in [0.25, 0.3) is 0 Å². The molecule has 0 fully saturated rings. The number of carboxylic acids is 1. The van der Waals surface area contributed by atoms with Crippen molar-refractivity contribution in [2.45, 2.75) is 19.3 Å². The Bertz CT molecular complexity index is 125. The Balaban J connectivity index is 2.90. The van der Waals surface area contributed by atoms with E-state index >= 15 is 0 Å². The first-order valence-corrected chi connectivity index (χ1v) is 3.49. The van der Waals surface area contributed by atoms with Crippen molar-refractivity contribution in [2.24, 2.45) is 4.99 Å². The van der Waals surface area contributed by atoms with Gasteiger partial charge in [0.1, 0.15) is 6.73 Å². The van der Waals surface area contributed by atoms with Gasteiger partial charge in [0, 0.05) is 13.0 Å². The van der Waals surface area contributed by atoms with Gasteiger partial charge < -0.3 is 9.84 Å². The Morgan fingerprint density at radius 2 is 2.27 bits per heavy atom. The largest absolute Gasteiger partial charge is 0.481 e. The van der Waals surface area contributed by atoms with Gasteiger partial charge in [-0.05, 0) is 19.6 Å². The summed E-state index contributed by atoms with van der Waals surface area (Å²) in [4.78, 5) is 13.5. The van der Waals surface area contributed by atoms with Gasteiger partial charge >= 0.3 is 5.97 Å². The first kappa shape index (κ1) is 10.1. The number of hydrogen-bond donors (Lipinski definition) is 1. The Morgan fingerprint density at radius 3 is 2.82 bits per heavy atom. The summed E-state index contributed by atoms with van der Waals surface area (Å²) in [6, 6.07) is 0. The SMILES string of the molecule is C=NCOCCCCC(=O)O. The second-order valence-electron chi connectivity index (χ2n) is 2.11. The van der Waals surface area contributed by atoms with Crippen LogP contribution in [0.5, 0.6) is 0 Å². The summed E-state index contributed by atoms with van der Waals surface area (Å²) in [5.41, 5.74) is 0. The summed E-state index contributed by atoms with van der Waals surface area (Å²) >= 11 is 0. The van der Waals surface area contributed by atoms with E-state index in [9.17, 15) is 4.79 Å². The van der Waals surface area contributed by atoms with E-state index in [0.717, 1.165) is 6.42 Å². The molecule has 1 N–H and O–H groups in total. The number of hydrogen-bond acceptors (Lipinski definition) is 3. The van der Waals surface area contributed by atoms with Crippen molar-refractivity contribution >= 4 is 12.7 Å². The standard InChI is InChI=1S/C7H13NO3/c1-8-6-11-5-3-2-4-7(9)10/h1-6H2,(H,9,10). The maximum atomic E-state index is 10.0. The average molecular weight is 159 g/mol. The summed E-state index contributed by atoms with van der Waals surface area (Å²) in [6.07, 6.45) is 1.64. The molecule has 64 valence electrons. The summed E-state index contributed by atoms with van der Waals surface area (Å²) < 4.78 is 4.94. The molecule has 4 nitrogen and oxygen atoms in total. The average Bonchev–Trinajstić information content (AvgIpc) is 1.96. The number of carbonyl (C=O) groups is 1. The molecule has 0 saturated carbocycles. The monoisotopic (exact) mass is 159 g/mol. The van der Waals surface area contributed by atoms with Gasteiger partial charge in [0.15, 0.2) is 0 Å². The van der Waals surface area contributed by atoms with Crippen molar-refractivity contribution in [3.8, 4) is 0 Å². The molecule has 0 rings (SSSR count). The van der Waals surface area contributed by atoms with E-state index < -0.39 is 5.97 Å². The molecule has 11 heavy (non-hydrogen) atoms. The lowest BCUT2D eigenvalue weighted by Crippen LogP contribution is -1.98. The number of rotatable bonds is 7. The van der Waals surface area contributed by atoms with Crippen molar-refractivity contribution in [2.75, 3.05) is 13.3 Å². The molecule has 4 heteroatoms. The molecule has 0 spiro atoms. The van der Waals surface area contributed by atoms with Crippen LogP contribution >= 0.6 is 0 Å². The van der Waals surface area contributed by atoms with E-state index in [4.69, 9.17) is 9.84 Å². The predicted octanol–water partition coefficient (Wildman–Crippen LogP) is 0.916. The molecule has 0 aromatic heterocycles. The minimum Gasteiger partial charge on any atom is -0.481 e. The molecule has 0 heterocycles. The van der Waals surface area contributed by atoms with Crippen molar-refractivity contribution in [3.63, 3.8) is 0 Å². The predicted molar refractivity (Wildman–Crippen MR) is 41.9 cm³/mol. The van der Waals surface area contributed by atoms with Gasteiger partial charge in [-0.3, -0.25) is 9.79 Å². The molecule has 0 bridgehead atoms. The number of carboxylic acid groups (broad SMARTS) is 1. The Kier molecular flexibility index (Phi) is 6.62. The molecule has 0 aliphatic heterocycles. The summed E-state index contributed by atoms with van der Waals surface area (Å²) in [6.45, 7) is 4.10. The normalized spacial score (nSPS) is 9.45. The van der Waals surface area contributed by atoms with Crippen molar-refractivity contribution in [3.05, 3.63) is 0 Å². The third-order valence-electron chi connectivity index (χ3n) is 1.11. The van der Waals surface area contributed by atoms with Gasteiger partial charge in [-0.25, -0.2) is 0 Å². The van der Waals surface area contributed by atoms with Crippen molar-refractivity contribution in [1.82, 2.24) is 0 Å². The molecular weight excluding hydrogens is 146 g/mol. The zero-order valence-electron chi connectivity index (χ0n) is 6.45. The second kappa shape index (κ2) is 7.21. The zero-order chi connectivity index (χ0) is 8.53. The van der Waals surface area contributed by atoms with Crippen LogP contribution < -0.4 is 0 Å². The van der Waals surface area contributed by atoms with E-state index in [-0.39, 0.29) is 6.42 Å². The third-order valence-corrected chi connectivity index (χ3v) is 1.11. The number of unbranched alkanes of at least 4 members (excludes halogenated alkanes) is 1. The number of aliphatic carboxylic acids is 1. The fourth-order valence-corrected chi connectivity index (χ4v) is 0.609. The number of nitrogens with zero attached hydrogens (tertiary/aromatic N) is 1. The highest BCUT2D eigenvalue weighted by molar-refractivity contribution is 5.66. The summed E-state index contributed by atoms with van der Waals surface area (Å²) in [7, 11) is 0. The molecule has 0 amide bonds. The molecule has 0 atom stereocenters. The molecule has 0 unspecified atom stereocenters. The Morgan fingerprint density at radius 1 is 1.55 bits per heavy atom. The van der Waals surface area contributed by atoms with Gasteiger partial charge in [0.2, 0.25) is 0 Å². The lowest BCUT2D eigenvalue weighted by Gasteiger charge is -1.98. The fraction of sp³-hybridized carbons (Fsp3) is 0.714. The Labute approximate surface area is 65.9 Å². The maximum Gasteiger partial charge on any atom is 0.303 e. The first-order valence-electron chi connectivity index (χ1n) is 3.49. The van der Waals surface area contributed by atoms with E-state index in [1.54, 1.807) is 0 Å². The van der Waals surface area contributed by atoms with Crippen LogP contribution in [-0.2, 0) is 9.53 Å². The number of ether oxygens (including phenoxy) is 1. The topological polar surface area (TPSA) is 58.9 Å². The van der Waals surface area contributed by atoms with Crippen LogP contribution in [0.3, 0.4) is 0 Å². The van der Waals surface area contributed by atoms with Crippen LogP contribution in [0.4, 0.5) is 0 Å². The second-order valence-corrected chi connectivity index (χ2v) is 2.11. The third kappa shape index (κ3) is 9.10. The van der Waals surface area contributed by atoms with Crippen molar-refractivity contribution in [1.29, 1.82) is 0 Å². The molecule has 0 aliphatic rings. The quantitative estimate of drug-likeness (QED) is 0.443.